The molecule has 0 aliphatic rings. The van der Waals surface area contributed by atoms with Crippen LogP contribution in [0.5, 0.6) is 0 Å². The predicted molar refractivity (Wildman–Crippen MR) is 55.3 cm³/mol. The van der Waals surface area contributed by atoms with E-state index in [2.05, 4.69) is 18.5 Å². The monoisotopic (exact) mass is 194 g/mol. The number of rotatable bonds is 5. The van der Waals surface area contributed by atoms with Gasteiger partial charge in [0, 0.05) is 11.3 Å². The zero-order valence-electron chi connectivity index (χ0n) is 8.17. The van der Waals surface area contributed by atoms with E-state index < -0.39 is 0 Å². The molecule has 0 saturated heterocycles. The van der Waals surface area contributed by atoms with Gasteiger partial charge in [0.15, 0.2) is 5.78 Å². The smallest absolute Gasteiger partial charge is 0.238 e. The van der Waals surface area contributed by atoms with Crippen LogP contribution >= 0.6 is 0 Å². The molecule has 0 radical (unpaired) electrons. The van der Waals surface area contributed by atoms with Gasteiger partial charge in [0.2, 0.25) is 5.91 Å². The van der Waals surface area contributed by atoms with Crippen molar-refractivity contribution in [3.8, 4) is 0 Å². The van der Waals surface area contributed by atoms with Gasteiger partial charge in [0.25, 0.3) is 0 Å². The third-order valence-corrected chi connectivity index (χ3v) is 1.42. The average Bonchev–Trinajstić information content (AvgIpc) is 2.13. The van der Waals surface area contributed by atoms with Crippen molar-refractivity contribution < 1.29 is 9.59 Å². The van der Waals surface area contributed by atoms with Crippen LogP contribution in [0.15, 0.2) is 36.6 Å². The molecule has 0 aliphatic carbocycles. The van der Waals surface area contributed by atoms with Crippen LogP contribution in [0.2, 0.25) is 0 Å². The highest BCUT2D eigenvalue weighted by Crippen LogP contribution is 1.97. The van der Waals surface area contributed by atoms with Gasteiger partial charge in [-0.25, -0.2) is 0 Å². The van der Waals surface area contributed by atoms with Crippen molar-refractivity contribution >= 4 is 11.7 Å². The Hall–Kier alpha value is -1.68. The molecule has 0 aromatic rings. The molecule has 0 aliphatic heterocycles. The van der Waals surface area contributed by atoms with Crippen molar-refractivity contribution in [2.45, 2.75) is 6.92 Å². The number of hydrogen-bond donors (Lipinski definition) is 2. The maximum absolute atomic E-state index is 10.8. The Kier molecular flexibility index (Phi) is 5.17. The second kappa shape index (κ2) is 5.88. The van der Waals surface area contributed by atoms with Gasteiger partial charge in [-0.15, -0.1) is 0 Å². The van der Waals surface area contributed by atoms with Gasteiger partial charge in [0.1, 0.15) is 0 Å². The minimum absolute atomic E-state index is 0.0967. The lowest BCUT2D eigenvalue weighted by atomic mass is 10.2. The summed E-state index contributed by atoms with van der Waals surface area (Å²) in [5, 5.41) is 2.43. The molecule has 76 valence electrons. The summed E-state index contributed by atoms with van der Waals surface area (Å²) in [5.74, 6) is -0.452. The van der Waals surface area contributed by atoms with E-state index in [9.17, 15) is 9.59 Å². The molecule has 0 spiro atoms. The molecule has 0 rings (SSSR count). The van der Waals surface area contributed by atoms with Gasteiger partial charge in [0.05, 0.1) is 6.54 Å². The first kappa shape index (κ1) is 12.3. The first-order valence-electron chi connectivity index (χ1n) is 4.04. The number of carbonyl (C=O) groups excluding carboxylic acids is 2. The van der Waals surface area contributed by atoms with E-state index in [0.717, 1.165) is 0 Å². The summed E-state index contributed by atoms with van der Waals surface area (Å²) < 4.78 is 0. The Morgan fingerprint density at radius 3 is 2.36 bits per heavy atom. The molecular weight excluding hydrogens is 180 g/mol. The maximum atomic E-state index is 10.8. The summed E-state index contributed by atoms with van der Waals surface area (Å²) in [7, 11) is 0. The molecular formula is C10H14N2O2. The molecule has 0 bridgehead atoms. The van der Waals surface area contributed by atoms with Crippen LogP contribution in [-0.4, -0.2) is 18.2 Å². The average molecular weight is 194 g/mol. The van der Waals surface area contributed by atoms with Gasteiger partial charge >= 0.3 is 0 Å². The van der Waals surface area contributed by atoms with Gasteiger partial charge < -0.3 is 11.1 Å². The molecule has 3 N–H and O–H groups in total. The summed E-state index contributed by atoms with van der Waals surface area (Å²) in [6, 6.07) is 0. The standard InChI is InChI=1S/C10H14N2O2/c1-7(9(3)13)4-5-8(2)12-10(14)6-11/h4-5H,1-2,6,11H2,3H3,(H,12,14)/b5-4-. The summed E-state index contributed by atoms with van der Waals surface area (Å²) in [6.07, 6.45) is 2.98. The molecule has 0 fully saturated rings. The number of nitrogens with two attached hydrogens (primary N) is 1. The van der Waals surface area contributed by atoms with E-state index in [-0.39, 0.29) is 18.2 Å². The predicted octanol–water partition coefficient (Wildman–Crippen LogP) is 0.276. The number of allylic oxidation sites excluding steroid dienone is 3. The molecule has 0 saturated carbocycles. The molecule has 14 heavy (non-hydrogen) atoms. The Balaban J connectivity index is 4.13. The molecule has 0 aromatic heterocycles. The molecule has 0 unspecified atom stereocenters. The molecule has 0 atom stereocenters. The molecule has 1 amide bonds. The SMILES string of the molecule is C=C(/C=C\C(=C)C(C)=O)NC(=O)CN. The summed E-state index contributed by atoms with van der Waals surface area (Å²) >= 11 is 0. The fraction of sp³-hybridized carbons (Fsp3) is 0.200. The van der Waals surface area contributed by atoms with E-state index in [1.54, 1.807) is 0 Å². The maximum Gasteiger partial charge on any atom is 0.238 e. The van der Waals surface area contributed by atoms with E-state index in [1.807, 2.05) is 0 Å². The second-order valence-corrected chi connectivity index (χ2v) is 2.69. The Morgan fingerprint density at radius 2 is 1.93 bits per heavy atom. The number of ketones is 1. The first-order chi connectivity index (χ1) is 6.47. The fourth-order valence-corrected chi connectivity index (χ4v) is 0.590. The van der Waals surface area contributed by atoms with Crippen LogP contribution < -0.4 is 11.1 Å². The minimum atomic E-state index is -0.326. The Labute approximate surface area is 83.2 Å². The number of amides is 1. The molecule has 0 aromatic carbocycles. The molecule has 0 heterocycles. The third-order valence-electron chi connectivity index (χ3n) is 1.42. The largest absolute Gasteiger partial charge is 0.326 e. The van der Waals surface area contributed by atoms with Crippen LogP contribution in [0.1, 0.15) is 6.92 Å². The quantitative estimate of drug-likeness (QED) is 0.487. The van der Waals surface area contributed by atoms with Crippen molar-refractivity contribution in [3.63, 3.8) is 0 Å². The number of nitrogens with one attached hydrogen (secondary N) is 1. The molecule has 4 nitrogen and oxygen atoms in total. The van der Waals surface area contributed by atoms with E-state index in [0.29, 0.717) is 11.3 Å². The highest BCUT2D eigenvalue weighted by Gasteiger charge is 1.97. The van der Waals surface area contributed by atoms with Gasteiger partial charge in [-0.3, -0.25) is 9.59 Å². The van der Waals surface area contributed by atoms with Crippen LogP contribution in [0.25, 0.3) is 0 Å². The number of Topliss-reactive ketones (excluding diaryl/α,β-unsaturated/α-hetero) is 1. The summed E-state index contributed by atoms with van der Waals surface area (Å²) in [6.45, 7) is 8.37. The zero-order chi connectivity index (χ0) is 11.1. The van der Waals surface area contributed by atoms with Gasteiger partial charge in [-0.1, -0.05) is 13.2 Å². The normalized spacial score (nSPS) is 9.86. The Bertz CT molecular complexity index is 303. The summed E-state index contributed by atoms with van der Waals surface area (Å²) in [4.78, 5) is 21.5. The highest BCUT2D eigenvalue weighted by molar-refractivity contribution is 5.95. The van der Waals surface area contributed by atoms with Gasteiger partial charge in [-0.05, 0) is 19.1 Å². The van der Waals surface area contributed by atoms with Crippen molar-refractivity contribution in [1.29, 1.82) is 0 Å². The minimum Gasteiger partial charge on any atom is -0.326 e. The second-order valence-electron chi connectivity index (χ2n) is 2.69. The number of hydrogen-bond acceptors (Lipinski definition) is 3. The van der Waals surface area contributed by atoms with Crippen molar-refractivity contribution in [2.24, 2.45) is 5.73 Å². The van der Waals surface area contributed by atoms with E-state index in [1.165, 1.54) is 19.1 Å². The van der Waals surface area contributed by atoms with Crippen molar-refractivity contribution in [1.82, 2.24) is 5.32 Å². The van der Waals surface area contributed by atoms with Crippen molar-refractivity contribution in [2.75, 3.05) is 6.54 Å². The lowest BCUT2D eigenvalue weighted by Crippen LogP contribution is -2.28. The summed E-state index contributed by atoms with van der Waals surface area (Å²) in [5.41, 5.74) is 5.81. The van der Waals surface area contributed by atoms with Crippen LogP contribution in [0, 0.1) is 0 Å². The molecule has 4 heteroatoms. The highest BCUT2D eigenvalue weighted by atomic mass is 16.1. The lowest BCUT2D eigenvalue weighted by Gasteiger charge is -2.01. The van der Waals surface area contributed by atoms with Crippen LogP contribution in [0.3, 0.4) is 0 Å². The van der Waals surface area contributed by atoms with E-state index >= 15 is 0 Å². The topological polar surface area (TPSA) is 72.2 Å². The zero-order valence-corrected chi connectivity index (χ0v) is 8.17. The van der Waals surface area contributed by atoms with E-state index in [4.69, 9.17) is 5.73 Å². The fourth-order valence-electron chi connectivity index (χ4n) is 0.590. The van der Waals surface area contributed by atoms with Crippen LogP contribution in [0.4, 0.5) is 0 Å². The lowest BCUT2D eigenvalue weighted by molar-refractivity contribution is -0.119. The van der Waals surface area contributed by atoms with Crippen molar-refractivity contribution in [3.05, 3.63) is 36.6 Å². The number of carbonyl (C=O) groups is 2. The third kappa shape index (κ3) is 5.05. The first-order valence-corrected chi connectivity index (χ1v) is 4.04. The Morgan fingerprint density at radius 1 is 1.36 bits per heavy atom. The van der Waals surface area contributed by atoms with Crippen LogP contribution in [-0.2, 0) is 9.59 Å². The van der Waals surface area contributed by atoms with Gasteiger partial charge in [-0.2, -0.15) is 0 Å².